The molecule has 0 spiro atoms. The van der Waals surface area contributed by atoms with Crippen molar-refractivity contribution in [2.45, 2.75) is 18.2 Å². The number of carbonyl (C=O) groups is 2. The Morgan fingerprint density at radius 1 is 1.11 bits per heavy atom. The lowest BCUT2D eigenvalue weighted by Gasteiger charge is -2.21. The van der Waals surface area contributed by atoms with Gasteiger partial charge in [-0.25, -0.2) is 8.42 Å². The van der Waals surface area contributed by atoms with Gasteiger partial charge in [0.25, 0.3) is 5.69 Å². The number of hydrogen-bond acceptors (Lipinski definition) is 6. The van der Waals surface area contributed by atoms with Crippen LogP contribution < -0.4 is 5.73 Å². The maximum Gasteiger partial charge on any atom is 0.289 e. The molecular weight excluding hydrogens is 386 g/mol. The van der Waals surface area contributed by atoms with E-state index in [1.54, 1.807) is 24.3 Å². The lowest BCUT2D eigenvalue weighted by Crippen LogP contribution is -2.38. The van der Waals surface area contributed by atoms with Gasteiger partial charge in [0.1, 0.15) is 0 Å². The van der Waals surface area contributed by atoms with E-state index >= 15 is 0 Å². The normalized spacial score (nSPS) is 11.4. The Balaban J connectivity index is 2.41. The van der Waals surface area contributed by atoms with Crippen molar-refractivity contribution in [1.29, 1.82) is 0 Å². The first-order valence-corrected chi connectivity index (χ1v) is 9.68. The van der Waals surface area contributed by atoms with Crippen LogP contribution in [0.5, 0.6) is 0 Å². The van der Waals surface area contributed by atoms with Gasteiger partial charge in [0.15, 0.2) is 10.7 Å². The largest absolute Gasteiger partial charge is 0.370 e. The zero-order valence-corrected chi connectivity index (χ0v) is 15.9. The number of amides is 1. The molecule has 148 valence electrons. The molecule has 0 saturated heterocycles. The third-order valence-corrected chi connectivity index (χ3v) is 5.87. The second-order valence-corrected chi connectivity index (χ2v) is 7.98. The fraction of sp³-hybridized carbons (Fsp3) is 0.222. The maximum absolute atomic E-state index is 13.0. The molecule has 2 aromatic rings. The quantitative estimate of drug-likeness (QED) is 0.382. The van der Waals surface area contributed by atoms with Crippen LogP contribution in [0.25, 0.3) is 0 Å². The number of carbonyl (C=O) groups excluding carboxylic acids is 2. The molecule has 0 saturated carbocycles. The summed E-state index contributed by atoms with van der Waals surface area (Å²) in [5.41, 5.74) is 5.70. The minimum Gasteiger partial charge on any atom is -0.370 e. The Kier molecular flexibility index (Phi) is 6.60. The fourth-order valence-electron chi connectivity index (χ4n) is 2.48. The SMILES string of the molecule is Cc1ccc(C(=O)CN(CCC(N)=O)S(=O)(=O)c2ccccc2[N+](=O)[O-])cc1. The highest BCUT2D eigenvalue weighted by molar-refractivity contribution is 7.89. The summed E-state index contributed by atoms with van der Waals surface area (Å²) in [5.74, 6) is -1.27. The molecule has 2 N–H and O–H groups in total. The standard InChI is InChI=1S/C18H19N3O6S/c1-13-6-8-14(9-7-13)16(22)12-20(11-10-18(19)23)28(26,27)17-5-3-2-4-15(17)21(24)25/h2-9H,10-12H2,1H3,(H2,19,23). The summed E-state index contributed by atoms with van der Waals surface area (Å²) in [6.07, 6.45) is -0.332. The highest BCUT2D eigenvalue weighted by Crippen LogP contribution is 2.26. The Morgan fingerprint density at radius 2 is 1.71 bits per heavy atom. The second kappa shape index (κ2) is 8.72. The van der Waals surface area contributed by atoms with Crippen molar-refractivity contribution >= 4 is 27.4 Å². The van der Waals surface area contributed by atoms with Crippen molar-refractivity contribution in [2.75, 3.05) is 13.1 Å². The predicted molar refractivity (Wildman–Crippen MR) is 101 cm³/mol. The van der Waals surface area contributed by atoms with Crippen LogP contribution in [0.2, 0.25) is 0 Å². The van der Waals surface area contributed by atoms with Crippen molar-refractivity contribution in [1.82, 2.24) is 4.31 Å². The molecule has 2 rings (SSSR count). The molecule has 2 aromatic carbocycles. The highest BCUT2D eigenvalue weighted by Gasteiger charge is 2.32. The summed E-state index contributed by atoms with van der Waals surface area (Å²) in [6, 6.07) is 11.3. The van der Waals surface area contributed by atoms with Gasteiger partial charge in [0, 0.05) is 24.6 Å². The summed E-state index contributed by atoms with van der Waals surface area (Å²) in [7, 11) is -4.42. The molecule has 0 fully saturated rings. The Morgan fingerprint density at radius 3 is 2.29 bits per heavy atom. The number of nitrogens with two attached hydrogens (primary N) is 1. The first-order valence-electron chi connectivity index (χ1n) is 8.24. The minimum absolute atomic E-state index is 0.285. The van der Waals surface area contributed by atoms with E-state index in [1.807, 2.05) is 6.92 Å². The number of hydrogen-bond donors (Lipinski definition) is 1. The third kappa shape index (κ3) is 4.99. The van der Waals surface area contributed by atoms with Crippen molar-refractivity contribution in [3.8, 4) is 0 Å². The number of sulfonamides is 1. The number of nitro groups is 1. The van der Waals surface area contributed by atoms with E-state index in [-0.39, 0.29) is 18.5 Å². The summed E-state index contributed by atoms with van der Waals surface area (Å²) in [6.45, 7) is 0.887. The molecule has 0 bridgehead atoms. The monoisotopic (exact) mass is 405 g/mol. The maximum atomic E-state index is 13.0. The van der Waals surface area contributed by atoms with Gasteiger partial charge in [-0.15, -0.1) is 0 Å². The fourth-order valence-corrected chi connectivity index (χ4v) is 4.03. The number of nitrogens with zero attached hydrogens (tertiary/aromatic N) is 2. The average Bonchev–Trinajstić information content (AvgIpc) is 2.65. The van der Waals surface area contributed by atoms with Crippen molar-refractivity contribution in [2.24, 2.45) is 5.73 Å². The van der Waals surface area contributed by atoms with Crippen LogP contribution in [0, 0.1) is 17.0 Å². The van der Waals surface area contributed by atoms with Crippen molar-refractivity contribution in [3.63, 3.8) is 0 Å². The molecule has 0 unspecified atom stereocenters. The van der Waals surface area contributed by atoms with Gasteiger partial charge in [0.05, 0.1) is 11.5 Å². The van der Waals surface area contributed by atoms with Crippen LogP contribution in [-0.2, 0) is 14.8 Å². The molecule has 0 heterocycles. The van der Waals surface area contributed by atoms with Crippen LogP contribution in [0.4, 0.5) is 5.69 Å². The van der Waals surface area contributed by atoms with Gasteiger partial charge < -0.3 is 5.73 Å². The van der Waals surface area contributed by atoms with Crippen LogP contribution in [0.3, 0.4) is 0 Å². The highest BCUT2D eigenvalue weighted by atomic mass is 32.2. The van der Waals surface area contributed by atoms with E-state index in [2.05, 4.69) is 0 Å². The zero-order chi connectivity index (χ0) is 20.9. The molecule has 0 aliphatic heterocycles. The number of para-hydroxylation sites is 1. The summed E-state index contributed by atoms with van der Waals surface area (Å²) in [4.78, 5) is 33.5. The number of ketones is 1. The van der Waals surface area contributed by atoms with Gasteiger partial charge in [-0.2, -0.15) is 4.31 Å². The van der Waals surface area contributed by atoms with Crippen molar-refractivity contribution in [3.05, 3.63) is 69.8 Å². The molecular formula is C18H19N3O6S. The van der Waals surface area contributed by atoms with Gasteiger partial charge in [-0.3, -0.25) is 19.7 Å². The van der Waals surface area contributed by atoms with Gasteiger partial charge >= 0.3 is 0 Å². The molecule has 9 nitrogen and oxygen atoms in total. The molecule has 0 atom stereocenters. The number of rotatable bonds is 9. The molecule has 0 aliphatic carbocycles. The number of Topliss-reactive ketones (excluding diaryl/α,β-unsaturated/α-hetero) is 1. The second-order valence-electron chi connectivity index (χ2n) is 6.07. The lowest BCUT2D eigenvalue weighted by atomic mass is 10.1. The molecule has 1 amide bonds. The molecule has 0 radical (unpaired) electrons. The van der Waals surface area contributed by atoms with Crippen LogP contribution in [0.15, 0.2) is 53.4 Å². The summed E-state index contributed by atoms with van der Waals surface area (Å²) < 4.78 is 26.8. The van der Waals surface area contributed by atoms with E-state index in [0.717, 1.165) is 22.0 Å². The van der Waals surface area contributed by atoms with Gasteiger partial charge in [-0.05, 0) is 13.0 Å². The lowest BCUT2D eigenvalue weighted by molar-refractivity contribution is -0.387. The minimum atomic E-state index is -4.42. The van der Waals surface area contributed by atoms with E-state index in [9.17, 15) is 28.1 Å². The van der Waals surface area contributed by atoms with E-state index in [0.29, 0.717) is 0 Å². The van der Waals surface area contributed by atoms with E-state index in [4.69, 9.17) is 5.73 Å². The predicted octanol–water partition coefficient (Wildman–Crippen LogP) is 1.65. The Labute approximate surface area is 162 Å². The Hall–Kier alpha value is -3.11. The third-order valence-electron chi connectivity index (χ3n) is 3.98. The van der Waals surface area contributed by atoms with Crippen LogP contribution in [-0.4, -0.2) is 42.4 Å². The molecule has 0 aromatic heterocycles. The number of benzene rings is 2. The van der Waals surface area contributed by atoms with E-state index in [1.165, 1.54) is 12.1 Å². The zero-order valence-electron chi connectivity index (χ0n) is 15.1. The molecule has 10 heteroatoms. The number of primary amides is 1. The number of aryl methyl sites for hydroxylation is 1. The van der Waals surface area contributed by atoms with Gasteiger partial charge in [-0.1, -0.05) is 42.0 Å². The van der Waals surface area contributed by atoms with Crippen LogP contribution in [0.1, 0.15) is 22.3 Å². The number of nitro benzene ring substituents is 1. The van der Waals surface area contributed by atoms with Crippen LogP contribution >= 0.6 is 0 Å². The first-order chi connectivity index (χ1) is 13.1. The summed E-state index contributed by atoms with van der Waals surface area (Å²) in [5, 5.41) is 11.2. The summed E-state index contributed by atoms with van der Waals surface area (Å²) >= 11 is 0. The molecule has 28 heavy (non-hydrogen) atoms. The topological polar surface area (TPSA) is 141 Å². The van der Waals surface area contributed by atoms with Crippen molar-refractivity contribution < 1.29 is 22.9 Å². The van der Waals surface area contributed by atoms with E-state index < -0.39 is 43.8 Å². The smallest absolute Gasteiger partial charge is 0.289 e. The van der Waals surface area contributed by atoms with Gasteiger partial charge in [0.2, 0.25) is 15.9 Å². The Bertz CT molecular complexity index is 1000. The average molecular weight is 405 g/mol. The molecule has 0 aliphatic rings. The first kappa shape index (κ1) is 21.2.